The van der Waals surface area contributed by atoms with E-state index < -0.39 is 0 Å². The molecular formula is C22H26N2O4S2. The number of hydrogen-bond donors (Lipinski definition) is 0. The fraction of sp³-hybridized carbons (Fsp3) is 0.364. The second kappa shape index (κ2) is 10.4. The van der Waals surface area contributed by atoms with Crippen LogP contribution in [0, 0.1) is 0 Å². The summed E-state index contributed by atoms with van der Waals surface area (Å²) in [6, 6.07) is 9.39. The number of para-hydroxylation sites is 1. The van der Waals surface area contributed by atoms with Gasteiger partial charge in [0.05, 0.1) is 31.3 Å². The molecule has 6 nitrogen and oxygen atoms in total. The number of nitrogens with zero attached hydrogens (tertiary/aromatic N) is 2. The lowest BCUT2D eigenvalue weighted by Gasteiger charge is -2.27. The highest BCUT2D eigenvalue weighted by Gasteiger charge is 2.22. The van der Waals surface area contributed by atoms with Crippen molar-refractivity contribution in [3.05, 3.63) is 56.7 Å². The number of methoxy groups -OCH3 is 2. The van der Waals surface area contributed by atoms with Gasteiger partial charge in [0.25, 0.3) is 5.91 Å². The van der Waals surface area contributed by atoms with Crippen LogP contribution >= 0.6 is 22.7 Å². The van der Waals surface area contributed by atoms with Crippen LogP contribution in [0.4, 0.5) is 0 Å². The van der Waals surface area contributed by atoms with E-state index in [1.165, 1.54) is 22.7 Å². The van der Waals surface area contributed by atoms with E-state index in [9.17, 15) is 4.79 Å². The first-order valence-corrected chi connectivity index (χ1v) is 11.4. The van der Waals surface area contributed by atoms with Crippen LogP contribution in [0.3, 0.4) is 0 Å². The first-order valence-electron chi connectivity index (χ1n) is 9.68. The largest absolute Gasteiger partial charge is 0.493 e. The number of benzene rings is 1. The first kappa shape index (κ1) is 22.1. The van der Waals surface area contributed by atoms with E-state index in [4.69, 9.17) is 14.2 Å². The fourth-order valence-corrected chi connectivity index (χ4v) is 4.32. The quantitative estimate of drug-likeness (QED) is 0.426. The molecule has 30 heavy (non-hydrogen) atoms. The standard InChI is InChI=1S/C22H26N2O4S2/c1-5-15(2)24(22(25)19-10-7-11-29-19)12-16-14-30-20(23-16)13-28-21-17(26-3)8-6-9-18(21)27-4/h6-11,14-15H,5,12-13H2,1-4H3/t15-/m1/s1. The average molecular weight is 447 g/mol. The zero-order valence-electron chi connectivity index (χ0n) is 17.6. The van der Waals surface area contributed by atoms with Gasteiger partial charge in [0, 0.05) is 11.4 Å². The van der Waals surface area contributed by atoms with Gasteiger partial charge in [0.15, 0.2) is 11.5 Å². The molecule has 1 amide bonds. The lowest BCUT2D eigenvalue weighted by Crippen LogP contribution is -2.37. The molecule has 0 spiro atoms. The number of hydrogen-bond acceptors (Lipinski definition) is 7. The van der Waals surface area contributed by atoms with Gasteiger partial charge in [-0.25, -0.2) is 4.98 Å². The SMILES string of the molecule is CC[C@@H](C)N(Cc1csc(COc2c(OC)cccc2OC)n1)C(=O)c1cccs1. The van der Waals surface area contributed by atoms with E-state index in [-0.39, 0.29) is 11.9 Å². The van der Waals surface area contributed by atoms with Crippen LogP contribution in [0.1, 0.15) is 40.6 Å². The summed E-state index contributed by atoms with van der Waals surface area (Å²) in [7, 11) is 3.19. The van der Waals surface area contributed by atoms with Crippen molar-refractivity contribution in [1.82, 2.24) is 9.88 Å². The van der Waals surface area contributed by atoms with Gasteiger partial charge in [-0.3, -0.25) is 4.79 Å². The third kappa shape index (κ3) is 5.12. The molecule has 0 aliphatic carbocycles. The fourth-order valence-electron chi connectivity index (χ4n) is 2.95. The Hall–Kier alpha value is -2.58. The van der Waals surface area contributed by atoms with Gasteiger partial charge in [-0.05, 0) is 36.9 Å². The molecule has 160 valence electrons. The maximum Gasteiger partial charge on any atom is 0.264 e. The molecule has 0 fully saturated rings. The Bertz CT molecular complexity index is 934. The summed E-state index contributed by atoms with van der Waals surface area (Å²) in [5.41, 5.74) is 0.857. The Morgan fingerprint density at radius 3 is 2.47 bits per heavy atom. The van der Waals surface area contributed by atoms with E-state index >= 15 is 0 Å². The minimum Gasteiger partial charge on any atom is -0.493 e. The molecule has 1 atom stereocenters. The van der Waals surface area contributed by atoms with Crippen molar-refractivity contribution in [2.75, 3.05) is 14.2 Å². The minimum absolute atomic E-state index is 0.0453. The Morgan fingerprint density at radius 2 is 1.87 bits per heavy atom. The van der Waals surface area contributed by atoms with E-state index in [0.717, 1.165) is 22.0 Å². The monoisotopic (exact) mass is 446 g/mol. The molecule has 0 aliphatic heterocycles. The Kier molecular flexibility index (Phi) is 7.70. The van der Waals surface area contributed by atoms with Crippen LogP contribution in [0.5, 0.6) is 17.2 Å². The molecule has 1 aromatic carbocycles. The average Bonchev–Trinajstić information content (AvgIpc) is 3.47. The zero-order chi connectivity index (χ0) is 21.5. The Labute approximate surface area is 185 Å². The van der Waals surface area contributed by atoms with Crippen molar-refractivity contribution >= 4 is 28.6 Å². The van der Waals surface area contributed by atoms with Crippen molar-refractivity contribution < 1.29 is 19.0 Å². The van der Waals surface area contributed by atoms with Crippen molar-refractivity contribution in [3.63, 3.8) is 0 Å². The molecule has 0 aliphatic rings. The summed E-state index contributed by atoms with van der Waals surface area (Å²) in [4.78, 5) is 20.2. The van der Waals surface area contributed by atoms with Crippen LogP contribution in [0.15, 0.2) is 41.1 Å². The van der Waals surface area contributed by atoms with Crippen LogP contribution < -0.4 is 14.2 Å². The molecule has 0 unspecified atom stereocenters. The highest BCUT2D eigenvalue weighted by molar-refractivity contribution is 7.12. The van der Waals surface area contributed by atoms with Gasteiger partial charge in [0.2, 0.25) is 5.75 Å². The van der Waals surface area contributed by atoms with Crippen LogP contribution in [-0.4, -0.2) is 36.1 Å². The van der Waals surface area contributed by atoms with Crippen LogP contribution in [-0.2, 0) is 13.2 Å². The lowest BCUT2D eigenvalue weighted by atomic mass is 10.2. The number of carbonyl (C=O) groups excluding carboxylic acids is 1. The van der Waals surface area contributed by atoms with E-state index in [2.05, 4.69) is 18.8 Å². The number of rotatable bonds is 10. The predicted molar refractivity (Wildman–Crippen MR) is 120 cm³/mol. The number of ether oxygens (including phenoxy) is 3. The number of thiophene rings is 1. The number of carbonyl (C=O) groups is 1. The van der Waals surface area contributed by atoms with Crippen LogP contribution in [0.25, 0.3) is 0 Å². The highest BCUT2D eigenvalue weighted by Crippen LogP contribution is 2.37. The maximum atomic E-state index is 12.9. The normalized spacial score (nSPS) is 11.7. The van der Waals surface area contributed by atoms with Crippen LogP contribution in [0.2, 0.25) is 0 Å². The third-order valence-electron chi connectivity index (χ3n) is 4.77. The summed E-state index contributed by atoms with van der Waals surface area (Å²) in [5.74, 6) is 1.81. The van der Waals surface area contributed by atoms with Crippen molar-refractivity contribution in [3.8, 4) is 17.2 Å². The second-order valence-electron chi connectivity index (χ2n) is 6.68. The molecule has 0 radical (unpaired) electrons. The molecular weight excluding hydrogens is 420 g/mol. The summed E-state index contributed by atoms with van der Waals surface area (Å²) in [6.07, 6.45) is 0.880. The first-order chi connectivity index (χ1) is 14.6. The van der Waals surface area contributed by atoms with E-state index in [1.807, 2.05) is 46.0 Å². The molecule has 3 rings (SSSR count). The Balaban J connectivity index is 1.70. The third-order valence-corrected chi connectivity index (χ3v) is 6.50. The number of thiazole rings is 1. The predicted octanol–water partition coefficient (Wildman–Crippen LogP) is 5.24. The summed E-state index contributed by atoms with van der Waals surface area (Å²) < 4.78 is 16.7. The smallest absolute Gasteiger partial charge is 0.264 e. The van der Waals surface area contributed by atoms with Crippen molar-refractivity contribution in [2.45, 2.75) is 39.5 Å². The van der Waals surface area contributed by atoms with Gasteiger partial charge < -0.3 is 19.1 Å². The molecule has 8 heteroatoms. The molecule has 2 heterocycles. The van der Waals surface area contributed by atoms with E-state index in [1.54, 1.807) is 14.2 Å². The molecule has 0 N–H and O–H groups in total. The summed E-state index contributed by atoms with van der Waals surface area (Å²) >= 11 is 2.98. The van der Waals surface area contributed by atoms with Gasteiger partial charge >= 0.3 is 0 Å². The highest BCUT2D eigenvalue weighted by atomic mass is 32.1. The number of amides is 1. The number of aromatic nitrogens is 1. The van der Waals surface area contributed by atoms with Crippen molar-refractivity contribution in [2.24, 2.45) is 0 Å². The maximum absolute atomic E-state index is 12.9. The molecule has 2 aromatic heterocycles. The lowest BCUT2D eigenvalue weighted by molar-refractivity contribution is 0.0674. The van der Waals surface area contributed by atoms with Gasteiger partial charge in [-0.2, -0.15) is 0 Å². The van der Waals surface area contributed by atoms with E-state index in [0.29, 0.717) is 30.4 Å². The molecule has 3 aromatic rings. The topological polar surface area (TPSA) is 60.9 Å². The van der Waals surface area contributed by atoms with Gasteiger partial charge in [0.1, 0.15) is 11.6 Å². The molecule has 0 saturated heterocycles. The molecule has 0 bridgehead atoms. The Morgan fingerprint density at radius 1 is 1.13 bits per heavy atom. The zero-order valence-corrected chi connectivity index (χ0v) is 19.2. The summed E-state index contributed by atoms with van der Waals surface area (Å²) in [5, 5.41) is 4.73. The second-order valence-corrected chi connectivity index (χ2v) is 8.57. The van der Waals surface area contributed by atoms with Gasteiger partial charge in [-0.15, -0.1) is 22.7 Å². The minimum atomic E-state index is 0.0453. The molecule has 0 saturated carbocycles. The van der Waals surface area contributed by atoms with Crippen molar-refractivity contribution in [1.29, 1.82) is 0 Å². The summed E-state index contributed by atoms with van der Waals surface area (Å²) in [6.45, 7) is 4.92. The van der Waals surface area contributed by atoms with Gasteiger partial charge in [-0.1, -0.05) is 19.1 Å².